The molecule has 2 aromatic rings. The summed E-state index contributed by atoms with van der Waals surface area (Å²) in [6, 6.07) is 0. The summed E-state index contributed by atoms with van der Waals surface area (Å²) in [6.07, 6.45) is 0.832. The number of imidazole rings is 1. The number of nitrogens with one attached hydrogen (secondary N) is 1. The average Bonchev–Trinajstić information content (AvgIpc) is 3.03. The van der Waals surface area contributed by atoms with Crippen molar-refractivity contribution in [3.63, 3.8) is 0 Å². The maximum absolute atomic E-state index is 11.8. The Morgan fingerprint density at radius 1 is 1.27 bits per heavy atom. The zero-order valence-electron chi connectivity index (χ0n) is 14.0. The van der Waals surface area contributed by atoms with E-state index in [0.29, 0.717) is 0 Å². The lowest BCUT2D eigenvalue weighted by Crippen LogP contribution is -2.29. The number of methoxy groups -OCH3 is 2. The number of thiocarbonyl (C=S) groups is 2. The SMILES string of the molecule is COC(=S)OCC(COC(=S)OC)OCn1cnc2c(=O)[nH]c(N)nc21. The molecule has 0 radical (unpaired) electrons. The first-order valence-electron chi connectivity index (χ1n) is 7.18. The summed E-state index contributed by atoms with van der Waals surface area (Å²) in [4.78, 5) is 22.2. The van der Waals surface area contributed by atoms with E-state index in [2.05, 4.69) is 15.0 Å². The molecule has 2 aromatic heterocycles. The molecule has 26 heavy (non-hydrogen) atoms. The molecule has 11 nitrogen and oxygen atoms in total. The molecule has 0 unspecified atom stereocenters. The minimum Gasteiger partial charge on any atom is -0.460 e. The molecular formula is C13H17N5O6S2. The van der Waals surface area contributed by atoms with Crippen molar-refractivity contribution in [1.82, 2.24) is 19.5 Å². The van der Waals surface area contributed by atoms with E-state index < -0.39 is 11.7 Å². The number of ether oxygens (including phenoxy) is 5. The highest BCUT2D eigenvalue weighted by molar-refractivity contribution is 7.79. The van der Waals surface area contributed by atoms with Crippen molar-refractivity contribution in [3.8, 4) is 0 Å². The predicted molar refractivity (Wildman–Crippen MR) is 98.6 cm³/mol. The number of nitrogens with zero attached hydrogens (tertiary/aromatic N) is 3. The highest BCUT2D eigenvalue weighted by Gasteiger charge is 2.16. The topological polar surface area (TPSA) is 136 Å². The van der Waals surface area contributed by atoms with Gasteiger partial charge in [0.2, 0.25) is 5.95 Å². The summed E-state index contributed by atoms with van der Waals surface area (Å²) >= 11 is 9.64. The van der Waals surface area contributed by atoms with E-state index in [4.69, 9.17) is 53.9 Å². The quantitative estimate of drug-likeness (QED) is 0.602. The van der Waals surface area contributed by atoms with Gasteiger partial charge in [-0.05, 0) is 0 Å². The fourth-order valence-electron chi connectivity index (χ4n) is 1.84. The highest BCUT2D eigenvalue weighted by Crippen LogP contribution is 2.08. The summed E-state index contributed by atoms with van der Waals surface area (Å²) in [7, 11) is 2.78. The Kier molecular flexibility index (Phi) is 7.06. The summed E-state index contributed by atoms with van der Waals surface area (Å²) < 4.78 is 27.2. The van der Waals surface area contributed by atoms with E-state index in [1.165, 1.54) is 25.1 Å². The first-order chi connectivity index (χ1) is 12.4. The summed E-state index contributed by atoms with van der Waals surface area (Å²) in [5, 5.41) is -0.0797. The first-order valence-corrected chi connectivity index (χ1v) is 8.00. The van der Waals surface area contributed by atoms with Gasteiger partial charge in [-0.3, -0.25) is 14.3 Å². The molecule has 0 aliphatic carbocycles. The number of H-pyrrole nitrogens is 1. The fraction of sp³-hybridized carbons (Fsp3) is 0.462. The number of fused-ring (bicyclic) bond motifs is 1. The molecule has 0 amide bonds. The van der Waals surface area contributed by atoms with Gasteiger partial charge in [0.15, 0.2) is 11.2 Å². The van der Waals surface area contributed by atoms with Gasteiger partial charge in [-0.1, -0.05) is 0 Å². The molecule has 0 fully saturated rings. The molecule has 13 heteroatoms. The van der Waals surface area contributed by atoms with Crippen LogP contribution in [0.1, 0.15) is 0 Å². The number of rotatable bonds is 7. The van der Waals surface area contributed by atoms with E-state index in [9.17, 15) is 4.79 Å². The molecule has 0 atom stereocenters. The zero-order valence-corrected chi connectivity index (χ0v) is 15.6. The third-order valence-electron chi connectivity index (χ3n) is 3.05. The van der Waals surface area contributed by atoms with Crippen LogP contribution >= 0.6 is 24.4 Å². The van der Waals surface area contributed by atoms with Crippen LogP contribution in [0, 0.1) is 0 Å². The van der Waals surface area contributed by atoms with Gasteiger partial charge in [-0.25, -0.2) is 4.98 Å². The van der Waals surface area contributed by atoms with E-state index in [1.807, 2.05) is 0 Å². The molecule has 2 rings (SSSR count). The second-order valence-corrected chi connectivity index (χ2v) is 5.45. The van der Waals surface area contributed by atoms with Crippen molar-refractivity contribution >= 4 is 52.0 Å². The average molecular weight is 403 g/mol. The van der Waals surface area contributed by atoms with Crippen LogP contribution in [-0.2, 0) is 30.4 Å². The number of aromatic amines is 1. The predicted octanol–water partition coefficient (Wildman–Crippen LogP) is -0.0597. The van der Waals surface area contributed by atoms with Crippen LogP contribution in [0.2, 0.25) is 0 Å². The second-order valence-electron chi connectivity index (χ2n) is 4.79. The van der Waals surface area contributed by atoms with Gasteiger partial charge < -0.3 is 29.4 Å². The number of aromatic nitrogens is 4. The Hall–Kier alpha value is -2.51. The van der Waals surface area contributed by atoms with Gasteiger partial charge in [-0.15, -0.1) is 0 Å². The number of hydrogen-bond donors (Lipinski definition) is 2. The summed E-state index contributed by atoms with van der Waals surface area (Å²) in [5.74, 6) is -0.0247. The van der Waals surface area contributed by atoms with Gasteiger partial charge >= 0.3 is 10.5 Å². The second kappa shape index (κ2) is 9.26. The number of anilines is 1. The fourth-order valence-corrected chi connectivity index (χ4v) is 1.97. The third kappa shape index (κ3) is 5.24. The number of hydrogen-bond acceptors (Lipinski definition) is 11. The summed E-state index contributed by atoms with van der Waals surface area (Å²) in [6.45, 7) is 0.0901. The molecule has 142 valence electrons. The third-order valence-corrected chi connectivity index (χ3v) is 3.62. The van der Waals surface area contributed by atoms with Crippen molar-refractivity contribution in [2.75, 3.05) is 33.2 Å². The minimum atomic E-state index is -0.576. The first kappa shape index (κ1) is 19.8. The minimum absolute atomic E-state index is 0.00324. The molecule has 0 aromatic carbocycles. The Morgan fingerprint density at radius 2 is 1.88 bits per heavy atom. The Balaban J connectivity index is 2.06. The van der Waals surface area contributed by atoms with E-state index in [-0.39, 0.29) is 47.5 Å². The smallest absolute Gasteiger partial charge is 0.352 e. The largest absolute Gasteiger partial charge is 0.460 e. The van der Waals surface area contributed by atoms with Crippen LogP contribution in [0.25, 0.3) is 11.2 Å². The van der Waals surface area contributed by atoms with Crippen LogP contribution in [0.15, 0.2) is 11.1 Å². The Morgan fingerprint density at radius 3 is 2.46 bits per heavy atom. The summed E-state index contributed by atoms with van der Waals surface area (Å²) in [5.41, 5.74) is 5.55. The molecule has 2 heterocycles. The van der Waals surface area contributed by atoms with Crippen LogP contribution < -0.4 is 11.3 Å². The van der Waals surface area contributed by atoms with Crippen molar-refractivity contribution in [2.24, 2.45) is 0 Å². The monoisotopic (exact) mass is 403 g/mol. The molecule has 0 bridgehead atoms. The lowest BCUT2D eigenvalue weighted by Gasteiger charge is -2.19. The van der Waals surface area contributed by atoms with Crippen molar-refractivity contribution in [1.29, 1.82) is 0 Å². The van der Waals surface area contributed by atoms with Gasteiger partial charge in [0.1, 0.15) is 26.0 Å². The molecule has 0 saturated heterocycles. The number of nitrogens with two attached hydrogens (primary N) is 1. The van der Waals surface area contributed by atoms with Crippen LogP contribution in [0.5, 0.6) is 0 Å². The van der Waals surface area contributed by atoms with Crippen LogP contribution in [0.4, 0.5) is 5.95 Å². The van der Waals surface area contributed by atoms with Crippen molar-refractivity contribution < 1.29 is 23.7 Å². The van der Waals surface area contributed by atoms with Gasteiger partial charge in [0.25, 0.3) is 5.56 Å². The highest BCUT2D eigenvalue weighted by atomic mass is 32.1. The molecule has 0 spiro atoms. The molecule has 0 aliphatic rings. The normalized spacial score (nSPS) is 10.7. The Labute approximate surface area is 158 Å². The van der Waals surface area contributed by atoms with Crippen LogP contribution in [0.3, 0.4) is 0 Å². The lowest BCUT2D eigenvalue weighted by molar-refractivity contribution is -0.0501. The van der Waals surface area contributed by atoms with E-state index >= 15 is 0 Å². The molecule has 0 aliphatic heterocycles. The Bertz CT molecular complexity index is 818. The van der Waals surface area contributed by atoms with Gasteiger partial charge in [0.05, 0.1) is 20.5 Å². The lowest BCUT2D eigenvalue weighted by atomic mass is 10.4. The van der Waals surface area contributed by atoms with Crippen molar-refractivity contribution in [2.45, 2.75) is 12.8 Å². The zero-order chi connectivity index (χ0) is 19.1. The van der Waals surface area contributed by atoms with Gasteiger partial charge in [0, 0.05) is 24.4 Å². The maximum Gasteiger partial charge on any atom is 0.352 e. The number of nitrogen functional groups attached to an aromatic ring is 1. The standard InChI is InChI=1S/C13H17N5O6S2/c1-20-12(25)22-3-7(4-23-13(26)21-2)24-6-18-5-15-8-9(18)16-11(14)17-10(8)19/h5,7H,3-4,6H2,1-2H3,(H3,14,16,17,19). The molecular weight excluding hydrogens is 386 g/mol. The molecule has 3 N–H and O–H groups in total. The maximum atomic E-state index is 11.8. The van der Waals surface area contributed by atoms with E-state index in [0.717, 1.165) is 0 Å². The van der Waals surface area contributed by atoms with Crippen LogP contribution in [-0.4, -0.2) is 63.5 Å². The molecule has 0 saturated carbocycles. The van der Waals surface area contributed by atoms with E-state index in [1.54, 1.807) is 0 Å². The van der Waals surface area contributed by atoms with Gasteiger partial charge in [-0.2, -0.15) is 4.98 Å². The van der Waals surface area contributed by atoms with Crippen molar-refractivity contribution in [3.05, 3.63) is 16.7 Å².